The molecule has 1 heterocycles. The number of rotatable bonds is 5. The van der Waals surface area contributed by atoms with E-state index in [1.165, 1.54) is 12.1 Å². The first kappa shape index (κ1) is 15.9. The molecule has 1 aromatic heterocycles. The number of carboxylic acids is 1. The summed E-state index contributed by atoms with van der Waals surface area (Å²) >= 11 is 0.821. The molecular formula is C13H10N2O6S. The van der Waals surface area contributed by atoms with Crippen molar-refractivity contribution >= 4 is 23.4 Å². The minimum Gasteiger partial charge on any atom is -0.478 e. The third-order valence-corrected chi connectivity index (χ3v) is 3.76. The fraction of sp³-hybridized carbons (Fsp3) is 0.0769. The Labute approximate surface area is 128 Å². The van der Waals surface area contributed by atoms with E-state index in [9.17, 15) is 14.9 Å². The van der Waals surface area contributed by atoms with Crippen LogP contribution in [0.25, 0.3) is 0 Å². The molecule has 114 valence electrons. The largest absolute Gasteiger partial charge is 0.478 e. The zero-order chi connectivity index (χ0) is 16.3. The molecule has 2 rings (SSSR count). The number of aliphatic hydroxyl groups is 2. The third-order valence-electron chi connectivity index (χ3n) is 2.67. The van der Waals surface area contributed by atoms with Gasteiger partial charge in [-0.25, -0.2) is 9.78 Å². The molecule has 8 nitrogen and oxygen atoms in total. The van der Waals surface area contributed by atoms with Crippen LogP contribution in [0.3, 0.4) is 0 Å². The second kappa shape index (κ2) is 6.52. The second-order valence-corrected chi connectivity index (χ2v) is 5.16. The van der Waals surface area contributed by atoms with Crippen LogP contribution in [-0.2, 0) is 0 Å². The fourth-order valence-electron chi connectivity index (χ4n) is 1.64. The summed E-state index contributed by atoms with van der Waals surface area (Å²) in [5.41, 5.74) is -0.562. The topological polar surface area (TPSA) is 134 Å². The summed E-state index contributed by atoms with van der Waals surface area (Å²) in [6.07, 6.45) is -0.792. The molecule has 22 heavy (non-hydrogen) atoms. The molecule has 0 saturated heterocycles. The molecule has 0 amide bonds. The van der Waals surface area contributed by atoms with Gasteiger partial charge in [-0.1, -0.05) is 23.9 Å². The van der Waals surface area contributed by atoms with E-state index in [1.54, 1.807) is 12.1 Å². The lowest BCUT2D eigenvalue weighted by Gasteiger charge is -2.07. The average molecular weight is 322 g/mol. The first-order valence-corrected chi connectivity index (χ1v) is 6.72. The summed E-state index contributed by atoms with van der Waals surface area (Å²) in [5.74, 6) is -1.16. The van der Waals surface area contributed by atoms with Crippen LogP contribution in [0.2, 0.25) is 0 Å². The van der Waals surface area contributed by atoms with Gasteiger partial charge in [0.1, 0.15) is 0 Å². The van der Waals surface area contributed by atoms with Gasteiger partial charge in [0.2, 0.25) is 0 Å². The van der Waals surface area contributed by atoms with Gasteiger partial charge in [0.05, 0.1) is 10.5 Å². The molecule has 3 N–H and O–H groups in total. The maximum absolute atomic E-state index is 11.1. The van der Waals surface area contributed by atoms with Crippen molar-refractivity contribution in [2.45, 2.75) is 16.2 Å². The van der Waals surface area contributed by atoms with Crippen LogP contribution in [0.15, 0.2) is 46.5 Å². The Morgan fingerprint density at radius 2 is 2.00 bits per heavy atom. The van der Waals surface area contributed by atoms with Gasteiger partial charge in [-0.3, -0.25) is 10.1 Å². The van der Waals surface area contributed by atoms with Gasteiger partial charge in [-0.2, -0.15) is 0 Å². The van der Waals surface area contributed by atoms with Crippen molar-refractivity contribution in [3.63, 3.8) is 0 Å². The van der Waals surface area contributed by atoms with Gasteiger partial charge in [0, 0.05) is 22.7 Å². The van der Waals surface area contributed by atoms with Crippen molar-refractivity contribution < 1.29 is 25.0 Å². The normalized spacial score (nSPS) is 10.7. The monoisotopic (exact) mass is 322 g/mol. The first-order chi connectivity index (χ1) is 10.4. The maximum Gasteiger partial charge on any atom is 0.336 e. The number of benzene rings is 1. The van der Waals surface area contributed by atoms with Gasteiger partial charge < -0.3 is 15.3 Å². The van der Waals surface area contributed by atoms with Crippen molar-refractivity contribution in [3.8, 4) is 0 Å². The van der Waals surface area contributed by atoms with E-state index in [-0.39, 0.29) is 16.2 Å². The highest BCUT2D eigenvalue weighted by Gasteiger charge is 2.21. The van der Waals surface area contributed by atoms with E-state index in [2.05, 4.69) is 4.98 Å². The molecule has 0 atom stereocenters. The van der Waals surface area contributed by atoms with Crippen LogP contribution in [0.5, 0.6) is 0 Å². The van der Waals surface area contributed by atoms with Crippen LogP contribution in [0.1, 0.15) is 22.2 Å². The SMILES string of the molecule is O=C(O)c1ccccc1Sc1ncc(C(O)O)cc1[N+](=O)[O-]. The van der Waals surface area contributed by atoms with Crippen LogP contribution < -0.4 is 0 Å². The first-order valence-electron chi connectivity index (χ1n) is 5.90. The van der Waals surface area contributed by atoms with Gasteiger partial charge in [-0.05, 0) is 12.1 Å². The van der Waals surface area contributed by atoms with Crippen molar-refractivity contribution in [2.24, 2.45) is 0 Å². The molecule has 0 spiro atoms. The average Bonchev–Trinajstić information content (AvgIpc) is 2.47. The number of hydrogen-bond donors (Lipinski definition) is 3. The van der Waals surface area contributed by atoms with Crippen molar-refractivity contribution in [2.75, 3.05) is 0 Å². The summed E-state index contributed by atoms with van der Waals surface area (Å²) in [5, 5.41) is 38.2. The highest BCUT2D eigenvalue weighted by atomic mass is 32.2. The van der Waals surface area contributed by atoms with Crippen molar-refractivity contribution in [1.29, 1.82) is 0 Å². The van der Waals surface area contributed by atoms with Crippen LogP contribution in [0, 0.1) is 10.1 Å². The summed E-state index contributed by atoms with van der Waals surface area (Å²) < 4.78 is 0. The number of carbonyl (C=O) groups is 1. The fourth-order valence-corrected chi connectivity index (χ4v) is 2.61. The predicted octanol–water partition coefficient (Wildman–Crippen LogP) is 1.82. The number of nitro groups is 1. The van der Waals surface area contributed by atoms with Crippen LogP contribution in [0.4, 0.5) is 5.69 Å². The molecule has 1 aromatic carbocycles. The summed E-state index contributed by atoms with van der Waals surface area (Å²) in [6.45, 7) is 0. The van der Waals surface area contributed by atoms with Crippen LogP contribution >= 0.6 is 11.8 Å². The minimum atomic E-state index is -1.88. The number of hydrogen-bond acceptors (Lipinski definition) is 7. The standard InChI is InChI=1S/C13H10N2O6S/c16-12(17)7-5-9(15(20)21)11(14-6-7)22-10-4-2-1-3-8(10)13(18)19/h1-6,12,16-17H,(H,18,19). The Kier molecular flexibility index (Phi) is 4.71. The Balaban J connectivity index is 2.46. The number of carboxylic acid groups (broad SMARTS) is 1. The Hall–Kier alpha value is -2.49. The number of aliphatic hydroxyl groups excluding tert-OH is 1. The molecule has 0 aliphatic rings. The molecule has 0 radical (unpaired) electrons. The molecule has 0 aliphatic heterocycles. The summed E-state index contributed by atoms with van der Waals surface area (Å²) in [7, 11) is 0. The van der Waals surface area contributed by atoms with E-state index in [0.717, 1.165) is 24.0 Å². The van der Waals surface area contributed by atoms with Crippen molar-refractivity contribution in [1.82, 2.24) is 4.98 Å². The van der Waals surface area contributed by atoms with Crippen LogP contribution in [-0.4, -0.2) is 31.2 Å². The zero-order valence-corrected chi connectivity index (χ0v) is 11.7. The zero-order valence-electron chi connectivity index (χ0n) is 10.9. The molecule has 0 bridgehead atoms. The van der Waals surface area contributed by atoms with E-state index in [0.29, 0.717) is 4.90 Å². The smallest absolute Gasteiger partial charge is 0.336 e. The quantitative estimate of drug-likeness (QED) is 0.431. The molecule has 2 aromatic rings. The third kappa shape index (κ3) is 3.39. The number of aromatic nitrogens is 1. The molecule has 0 aliphatic carbocycles. The van der Waals surface area contributed by atoms with Gasteiger partial charge in [0.15, 0.2) is 11.3 Å². The number of pyridine rings is 1. The van der Waals surface area contributed by atoms with E-state index >= 15 is 0 Å². The summed E-state index contributed by atoms with van der Waals surface area (Å²) in [4.78, 5) is 25.6. The van der Waals surface area contributed by atoms with E-state index in [1.807, 2.05) is 0 Å². The Morgan fingerprint density at radius 1 is 1.32 bits per heavy atom. The highest BCUT2D eigenvalue weighted by Crippen LogP contribution is 2.35. The second-order valence-electron chi connectivity index (χ2n) is 4.13. The number of aromatic carboxylic acids is 1. The Bertz CT molecular complexity index is 734. The Morgan fingerprint density at radius 3 is 2.59 bits per heavy atom. The number of nitrogens with zero attached hydrogens (tertiary/aromatic N) is 2. The highest BCUT2D eigenvalue weighted by molar-refractivity contribution is 7.99. The molecule has 0 fully saturated rings. The minimum absolute atomic E-state index is 0.00475. The lowest BCUT2D eigenvalue weighted by Crippen LogP contribution is -2.02. The van der Waals surface area contributed by atoms with Gasteiger partial charge >= 0.3 is 11.7 Å². The van der Waals surface area contributed by atoms with Crippen molar-refractivity contribution in [3.05, 3.63) is 57.8 Å². The molecule has 0 saturated carbocycles. The van der Waals surface area contributed by atoms with E-state index in [4.69, 9.17) is 15.3 Å². The lowest BCUT2D eigenvalue weighted by molar-refractivity contribution is -0.388. The summed E-state index contributed by atoms with van der Waals surface area (Å²) in [6, 6.07) is 7.02. The van der Waals surface area contributed by atoms with Gasteiger partial charge in [-0.15, -0.1) is 0 Å². The lowest BCUT2D eigenvalue weighted by atomic mass is 10.2. The maximum atomic E-state index is 11.1. The molecule has 9 heteroatoms. The van der Waals surface area contributed by atoms with Gasteiger partial charge in [0.25, 0.3) is 0 Å². The predicted molar refractivity (Wildman–Crippen MR) is 75.6 cm³/mol. The molecule has 0 unspecified atom stereocenters. The molecular weight excluding hydrogens is 312 g/mol. The van der Waals surface area contributed by atoms with E-state index < -0.39 is 22.9 Å².